The number of aromatic nitrogens is 1. The van der Waals surface area contributed by atoms with E-state index in [0.717, 1.165) is 12.1 Å². The molecule has 4 heteroatoms. The van der Waals surface area contributed by atoms with Crippen LogP contribution in [-0.2, 0) is 6.54 Å². The van der Waals surface area contributed by atoms with Gasteiger partial charge in [-0.1, -0.05) is 12.2 Å². The van der Waals surface area contributed by atoms with Gasteiger partial charge in [-0.05, 0) is 25.5 Å². The van der Waals surface area contributed by atoms with E-state index in [0.29, 0.717) is 12.2 Å². The summed E-state index contributed by atoms with van der Waals surface area (Å²) in [6, 6.07) is 3.71. The lowest BCUT2D eigenvalue weighted by molar-refractivity contribution is 0.246. The first-order valence-electron chi connectivity index (χ1n) is 5.87. The van der Waals surface area contributed by atoms with Gasteiger partial charge in [0.2, 0.25) is 0 Å². The summed E-state index contributed by atoms with van der Waals surface area (Å²) in [5.41, 5.74) is 1.57. The Hall–Kier alpha value is -1.39. The molecule has 0 saturated heterocycles. The van der Waals surface area contributed by atoms with Crippen LogP contribution >= 0.6 is 0 Å². The molecule has 17 heavy (non-hydrogen) atoms. The fraction of sp³-hybridized carbons (Fsp3) is 0.462. The lowest BCUT2D eigenvalue weighted by atomic mass is 10.1. The maximum absolute atomic E-state index is 9.65. The molecule has 0 aliphatic heterocycles. The highest BCUT2D eigenvalue weighted by molar-refractivity contribution is 5.27. The highest BCUT2D eigenvalue weighted by Crippen LogP contribution is 2.19. The number of nitrogens with zero attached hydrogens (tertiary/aromatic N) is 1. The lowest BCUT2D eigenvalue weighted by Crippen LogP contribution is -2.26. The van der Waals surface area contributed by atoms with Crippen LogP contribution in [0, 0.1) is 12.8 Å². The summed E-state index contributed by atoms with van der Waals surface area (Å²) >= 11 is 0. The van der Waals surface area contributed by atoms with Crippen molar-refractivity contribution in [3.8, 4) is 5.75 Å². The number of aryl methyl sites for hydroxylation is 1. The van der Waals surface area contributed by atoms with E-state index in [1.807, 2.05) is 13.0 Å². The van der Waals surface area contributed by atoms with E-state index in [1.165, 1.54) is 0 Å². The van der Waals surface area contributed by atoms with Crippen LogP contribution in [0.15, 0.2) is 24.3 Å². The molecule has 1 aromatic rings. The standard InChI is InChI=1S/C13H18N2O2/c1-9-2-5-13(17)12(15-9)7-14-11-4-3-10(6-11)8-16/h2-5,10-11,14,16-17H,6-8H2,1H3/t10-,11+/m0/s1. The van der Waals surface area contributed by atoms with Gasteiger partial charge in [0.1, 0.15) is 5.75 Å². The van der Waals surface area contributed by atoms with Gasteiger partial charge < -0.3 is 15.5 Å². The summed E-state index contributed by atoms with van der Waals surface area (Å²) in [6.07, 6.45) is 5.00. The third-order valence-electron chi connectivity index (χ3n) is 3.03. The summed E-state index contributed by atoms with van der Waals surface area (Å²) < 4.78 is 0. The molecular weight excluding hydrogens is 216 g/mol. The van der Waals surface area contributed by atoms with E-state index in [1.54, 1.807) is 12.1 Å². The first kappa shape index (κ1) is 12.1. The molecule has 4 nitrogen and oxygen atoms in total. The maximum atomic E-state index is 9.65. The second-order valence-corrected chi connectivity index (χ2v) is 4.47. The number of aliphatic hydroxyl groups excluding tert-OH is 1. The van der Waals surface area contributed by atoms with Crippen molar-refractivity contribution in [3.05, 3.63) is 35.7 Å². The van der Waals surface area contributed by atoms with Crippen LogP contribution in [0.25, 0.3) is 0 Å². The van der Waals surface area contributed by atoms with Crippen LogP contribution in [0.3, 0.4) is 0 Å². The summed E-state index contributed by atoms with van der Waals surface area (Å²) in [4.78, 5) is 4.29. The van der Waals surface area contributed by atoms with E-state index in [4.69, 9.17) is 5.11 Å². The molecule has 0 saturated carbocycles. The van der Waals surface area contributed by atoms with Crippen LogP contribution in [0.5, 0.6) is 5.75 Å². The summed E-state index contributed by atoms with van der Waals surface area (Å²) in [5.74, 6) is 0.482. The molecule has 1 aliphatic rings. The predicted molar refractivity (Wildman–Crippen MR) is 65.6 cm³/mol. The Bertz CT molecular complexity index is 418. The number of nitrogens with one attached hydrogen (secondary N) is 1. The van der Waals surface area contributed by atoms with Gasteiger partial charge in [0.15, 0.2) is 0 Å². The summed E-state index contributed by atoms with van der Waals surface area (Å²) in [5, 5.41) is 22.0. The topological polar surface area (TPSA) is 65.4 Å². The highest BCUT2D eigenvalue weighted by atomic mass is 16.3. The number of hydrogen-bond acceptors (Lipinski definition) is 4. The Balaban J connectivity index is 1.90. The fourth-order valence-electron chi connectivity index (χ4n) is 2.02. The van der Waals surface area contributed by atoms with Crippen molar-refractivity contribution in [2.45, 2.75) is 25.9 Å². The fourth-order valence-corrected chi connectivity index (χ4v) is 2.02. The number of rotatable bonds is 4. The largest absolute Gasteiger partial charge is 0.506 e. The molecule has 0 spiro atoms. The van der Waals surface area contributed by atoms with E-state index in [9.17, 15) is 5.11 Å². The third-order valence-corrected chi connectivity index (χ3v) is 3.03. The minimum atomic E-state index is 0.197. The molecule has 3 N–H and O–H groups in total. The van der Waals surface area contributed by atoms with Gasteiger partial charge in [-0.2, -0.15) is 0 Å². The van der Waals surface area contributed by atoms with Crippen LogP contribution in [0.4, 0.5) is 0 Å². The second-order valence-electron chi connectivity index (χ2n) is 4.47. The van der Waals surface area contributed by atoms with E-state index < -0.39 is 0 Å². The smallest absolute Gasteiger partial charge is 0.138 e. The number of aliphatic hydroxyl groups is 1. The average Bonchev–Trinajstić information content (AvgIpc) is 2.78. The summed E-state index contributed by atoms with van der Waals surface area (Å²) in [6.45, 7) is 2.64. The molecule has 2 rings (SSSR count). The zero-order valence-corrected chi connectivity index (χ0v) is 9.93. The molecule has 0 radical (unpaired) electrons. The zero-order chi connectivity index (χ0) is 12.3. The third kappa shape index (κ3) is 3.05. The SMILES string of the molecule is Cc1ccc(O)c(CN[C@@H]2C=C[C@H](CO)C2)n1. The Kier molecular flexibility index (Phi) is 3.76. The lowest BCUT2D eigenvalue weighted by Gasteiger charge is -2.13. The van der Waals surface area contributed by atoms with Gasteiger partial charge in [0, 0.05) is 30.8 Å². The first-order chi connectivity index (χ1) is 8.19. The van der Waals surface area contributed by atoms with Gasteiger partial charge in [0.25, 0.3) is 0 Å². The monoisotopic (exact) mass is 234 g/mol. The van der Waals surface area contributed by atoms with Crippen molar-refractivity contribution in [2.75, 3.05) is 6.61 Å². The minimum absolute atomic E-state index is 0.197. The highest BCUT2D eigenvalue weighted by Gasteiger charge is 2.17. The van der Waals surface area contributed by atoms with Crippen LogP contribution in [0.2, 0.25) is 0 Å². The Labute approximate surface area is 101 Å². The van der Waals surface area contributed by atoms with Crippen LogP contribution < -0.4 is 5.32 Å². The normalized spacial score (nSPS) is 23.2. The Morgan fingerprint density at radius 2 is 2.24 bits per heavy atom. The zero-order valence-electron chi connectivity index (χ0n) is 9.93. The average molecular weight is 234 g/mol. The van der Waals surface area contributed by atoms with Crippen molar-refractivity contribution < 1.29 is 10.2 Å². The van der Waals surface area contributed by atoms with Gasteiger partial charge >= 0.3 is 0 Å². The van der Waals surface area contributed by atoms with Gasteiger partial charge in [-0.25, -0.2) is 0 Å². The molecule has 2 atom stereocenters. The minimum Gasteiger partial charge on any atom is -0.506 e. The molecule has 1 heterocycles. The molecule has 0 unspecified atom stereocenters. The van der Waals surface area contributed by atoms with E-state index in [2.05, 4.69) is 16.4 Å². The van der Waals surface area contributed by atoms with Crippen molar-refractivity contribution >= 4 is 0 Å². The van der Waals surface area contributed by atoms with Gasteiger partial charge in [0.05, 0.1) is 5.69 Å². The molecule has 92 valence electrons. The molecule has 1 aliphatic carbocycles. The molecule has 1 aromatic heterocycles. The van der Waals surface area contributed by atoms with E-state index >= 15 is 0 Å². The maximum Gasteiger partial charge on any atom is 0.138 e. The van der Waals surface area contributed by atoms with Crippen molar-refractivity contribution in [1.82, 2.24) is 10.3 Å². The van der Waals surface area contributed by atoms with Crippen molar-refractivity contribution in [3.63, 3.8) is 0 Å². The number of hydrogen-bond donors (Lipinski definition) is 3. The summed E-state index contributed by atoms with van der Waals surface area (Å²) in [7, 11) is 0. The first-order valence-corrected chi connectivity index (χ1v) is 5.87. The number of pyridine rings is 1. The molecular formula is C13H18N2O2. The molecule has 0 amide bonds. The van der Waals surface area contributed by atoms with Crippen LogP contribution in [0.1, 0.15) is 17.8 Å². The Morgan fingerprint density at radius 3 is 2.94 bits per heavy atom. The van der Waals surface area contributed by atoms with Crippen molar-refractivity contribution in [2.24, 2.45) is 5.92 Å². The second kappa shape index (κ2) is 5.29. The van der Waals surface area contributed by atoms with Crippen molar-refractivity contribution in [1.29, 1.82) is 0 Å². The molecule has 0 fully saturated rings. The number of aromatic hydroxyl groups is 1. The van der Waals surface area contributed by atoms with E-state index in [-0.39, 0.29) is 24.3 Å². The molecule has 0 bridgehead atoms. The quantitative estimate of drug-likeness (QED) is 0.683. The van der Waals surface area contributed by atoms with Gasteiger partial charge in [-0.15, -0.1) is 0 Å². The Morgan fingerprint density at radius 1 is 1.41 bits per heavy atom. The molecule has 0 aromatic carbocycles. The van der Waals surface area contributed by atoms with Gasteiger partial charge in [-0.3, -0.25) is 4.98 Å². The predicted octanol–water partition coefficient (Wildman–Crippen LogP) is 1.12. The van der Waals surface area contributed by atoms with Crippen LogP contribution in [-0.4, -0.2) is 27.8 Å².